The highest BCUT2D eigenvalue weighted by Crippen LogP contribution is 2.41. The Morgan fingerprint density at radius 2 is 0.667 bits per heavy atom. The van der Waals surface area contributed by atoms with Crippen LogP contribution in [-0.2, 0) is 0 Å². The van der Waals surface area contributed by atoms with Crippen LogP contribution in [-0.4, -0.2) is 0 Å². The maximum absolute atomic E-state index is 6.13. The number of benzene rings is 11. The third-order valence-electron chi connectivity index (χ3n) is 12.3. The molecule has 0 saturated carbocycles. The van der Waals surface area contributed by atoms with Crippen LogP contribution in [0.4, 0.5) is 17.1 Å². The monoisotopic (exact) mass is 763 g/mol. The van der Waals surface area contributed by atoms with Gasteiger partial charge in [-0.2, -0.15) is 0 Å². The number of furan rings is 1. The maximum atomic E-state index is 6.13. The van der Waals surface area contributed by atoms with Crippen LogP contribution in [0, 0.1) is 0 Å². The number of nitrogens with zero attached hydrogens (tertiary/aromatic N) is 1. The quantitative estimate of drug-likeness (QED) is 0.157. The molecule has 0 aliphatic carbocycles. The molecule has 12 rings (SSSR count). The second kappa shape index (κ2) is 13.9. The summed E-state index contributed by atoms with van der Waals surface area (Å²) in [4.78, 5) is 2.35. The van der Waals surface area contributed by atoms with Crippen molar-refractivity contribution in [1.82, 2.24) is 0 Å². The van der Waals surface area contributed by atoms with Gasteiger partial charge in [0, 0.05) is 27.8 Å². The Balaban J connectivity index is 0.941. The zero-order valence-corrected chi connectivity index (χ0v) is 32.7. The predicted octanol–water partition coefficient (Wildman–Crippen LogP) is 16.7. The molecule has 0 fully saturated rings. The van der Waals surface area contributed by atoms with Crippen molar-refractivity contribution in [3.8, 4) is 33.4 Å². The van der Waals surface area contributed by atoms with Gasteiger partial charge in [-0.3, -0.25) is 0 Å². The predicted molar refractivity (Wildman–Crippen MR) is 255 cm³/mol. The Morgan fingerprint density at radius 1 is 0.250 bits per heavy atom. The van der Waals surface area contributed by atoms with E-state index in [1.54, 1.807) is 0 Å². The minimum absolute atomic E-state index is 0.906. The number of fused-ring (bicyclic) bond motifs is 10. The summed E-state index contributed by atoms with van der Waals surface area (Å²) in [6.07, 6.45) is 0. The van der Waals surface area contributed by atoms with E-state index in [0.29, 0.717) is 0 Å². The number of hydrogen-bond acceptors (Lipinski definition) is 2. The first kappa shape index (κ1) is 34.1. The fraction of sp³-hybridized carbons (Fsp3) is 0. The summed E-state index contributed by atoms with van der Waals surface area (Å²) in [6, 6.07) is 81.3. The molecule has 1 aromatic heterocycles. The van der Waals surface area contributed by atoms with Crippen molar-refractivity contribution in [2.45, 2.75) is 0 Å². The third kappa shape index (κ3) is 5.65. The summed E-state index contributed by atoms with van der Waals surface area (Å²) in [7, 11) is 0. The van der Waals surface area contributed by atoms with Crippen LogP contribution in [0.25, 0.3) is 98.4 Å². The van der Waals surface area contributed by atoms with Crippen molar-refractivity contribution < 1.29 is 4.42 Å². The number of anilines is 3. The average Bonchev–Trinajstić information content (AvgIpc) is 3.70. The van der Waals surface area contributed by atoms with Gasteiger partial charge < -0.3 is 9.32 Å². The van der Waals surface area contributed by atoms with Crippen LogP contribution >= 0.6 is 0 Å². The van der Waals surface area contributed by atoms with Crippen LogP contribution < -0.4 is 4.90 Å². The van der Waals surface area contributed by atoms with E-state index in [1.165, 1.54) is 65.3 Å². The minimum atomic E-state index is 0.906. The van der Waals surface area contributed by atoms with Gasteiger partial charge in [0.25, 0.3) is 0 Å². The van der Waals surface area contributed by atoms with Crippen molar-refractivity contribution in [3.05, 3.63) is 224 Å². The van der Waals surface area contributed by atoms with Gasteiger partial charge in [0.1, 0.15) is 11.2 Å². The lowest BCUT2D eigenvalue weighted by molar-refractivity contribution is 0.669. The van der Waals surface area contributed by atoms with Gasteiger partial charge in [0.05, 0.1) is 0 Å². The molecule has 2 nitrogen and oxygen atoms in total. The van der Waals surface area contributed by atoms with Gasteiger partial charge in [-0.1, -0.05) is 164 Å². The molecule has 0 spiro atoms. The molecule has 60 heavy (non-hydrogen) atoms. The van der Waals surface area contributed by atoms with Crippen LogP contribution in [0.1, 0.15) is 0 Å². The topological polar surface area (TPSA) is 16.4 Å². The summed E-state index contributed by atoms with van der Waals surface area (Å²) < 4.78 is 6.13. The first-order valence-corrected chi connectivity index (χ1v) is 20.6. The average molecular weight is 764 g/mol. The lowest BCUT2D eigenvalue weighted by atomic mass is 9.92. The normalized spacial score (nSPS) is 11.7. The minimum Gasteiger partial charge on any atom is -0.456 e. The molecule has 0 saturated heterocycles. The van der Waals surface area contributed by atoms with Gasteiger partial charge in [0.2, 0.25) is 0 Å². The second-order valence-corrected chi connectivity index (χ2v) is 15.7. The fourth-order valence-corrected chi connectivity index (χ4v) is 9.31. The molecule has 12 aromatic rings. The van der Waals surface area contributed by atoms with Crippen molar-refractivity contribution in [3.63, 3.8) is 0 Å². The molecule has 0 unspecified atom stereocenters. The molecule has 0 radical (unpaired) electrons. The fourth-order valence-electron chi connectivity index (χ4n) is 9.31. The van der Waals surface area contributed by atoms with Gasteiger partial charge in [0.15, 0.2) is 0 Å². The second-order valence-electron chi connectivity index (χ2n) is 15.7. The van der Waals surface area contributed by atoms with Crippen molar-refractivity contribution in [2.75, 3.05) is 4.90 Å². The largest absolute Gasteiger partial charge is 0.456 e. The lowest BCUT2D eigenvalue weighted by Crippen LogP contribution is -2.09. The Morgan fingerprint density at radius 3 is 1.28 bits per heavy atom. The molecule has 2 heteroatoms. The molecular formula is C58H37NO. The molecule has 0 aliphatic rings. The van der Waals surface area contributed by atoms with Crippen LogP contribution in [0.2, 0.25) is 0 Å². The first-order valence-electron chi connectivity index (χ1n) is 20.6. The number of para-hydroxylation sites is 1. The summed E-state index contributed by atoms with van der Waals surface area (Å²) >= 11 is 0. The van der Waals surface area contributed by atoms with Crippen molar-refractivity contribution >= 4 is 82.1 Å². The van der Waals surface area contributed by atoms with E-state index >= 15 is 0 Å². The Labute approximate surface area is 347 Å². The molecule has 0 aliphatic heterocycles. The van der Waals surface area contributed by atoms with E-state index < -0.39 is 0 Å². The highest BCUT2D eigenvalue weighted by atomic mass is 16.3. The molecule has 280 valence electrons. The van der Waals surface area contributed by atoms with Crippen LogP contribution in [0.15, 0.2) is 229 Å². The summed E-state index contributed by atoms with van der Waals surface area (Å²) in [5.74, 6) is 0. The molecule has 1 heterocycles. The molecule has 11 aromatic carbocycles. The molecular weight excluding hydrogens is 727 g/mol. The Bertz CT molecular complexity index is 3540. The Hall–Kier alpha value is -7.94. The van der Waals surface area contributed by atoms with E-state index in [0.717, 1.165) is 50.1 Å². The molecule has 0 atom stereocenters. The lowest BCUT2D eigenvalue weighted by Gasteiger charge is -2.26. The molecule has 0 N–H and O–H groups in total. The first-order chi connectivity index (χ1) is 29.7. The van der Waals surface area contributed by atoms with Gasteiger partial charge in [-0.25, -0.2) is 0 Å². The zero-order chi connectivity index (χ0) is 39.6. The Kier molecular flexibility index (Phi) is 7.89. The van der Waals surface area contributed by atoms with Crippen molar-refractivity contribution in [2.24, 2.45) is 0 Å². The third-order valence-corrected chi connectivity index (χ3v) is 12.3. The summed E-state index contributed by atoms with van der Waals surface area (Å²) in [6.45, 7) is 0. The number of hydrogen-bond donors (Lipinski definition) is 0. The highest BCUT2D eigenvalue weighted by molar-refractivity contribution is 6.25. The summed E-state index contributed by atoms with van der Waals surface area (Å²) in [5.41, 5.74) is 12.2. The highest BCUT2D eigenvalue weighted by Gasteiger charge is 2.16. The SMILES string of the molecule is c1ccc2c(-c3ccc(N(c4ccc(-c5ccc6oc7ccccc7c6c5)cc4)c4ccc(-c5ccc6c7ccccc7c7ccccc7c6c5)cc4)cc3)cccc2c1. The summed E-state index contributed by atoms with van der Waals surface area (Å²) in [5, 5.41) is 12.5. The smallest absolute Gasteiger partial charge is 0.135 e. The van der Waals surface area contributed by atoms with E-state index in [2.05, 4.69) is 217 Å². The van der Waals surface area contributed by atoms with Crippen LogP contribution in [0.3, 0.4) is 0 Å². The van der Waals surface area contributed by atoms with E-state index in [9.17, 15) is 0 Å². The van der Waals surface area contributed by atoms with Crippen molar-refractivity contribution in [1.29, 1.82) is 0 Å². The van der Waals surface area contributed by atoms with E-state index in [1.807, 2.05) is 12.1 Å². The van der Waals surface area contributed by atoms with Gasteiger partial charge in [-0.05, 0) is 137 Å². The molecule has 0 bridgehead atoms. The standard InChI is InChI=1S/C58H37NO/c1-2-12-47-40(10-1)11-9-18-48(47)41-24-32-46(33-25-41)59(45-30-22-39(23-31-45)43-27-35-58-56(37-43)54-17-7-8-19-57(54)60-58)44-28-20-38(21-29-44)42-26-34-53-51-15-4-3-13-49(51)50-14-5-6-16-52(50)55(53)36-42/h1-37H. The van der Waals surface area contributed by atoms with Crippen LogP contribution in [0.5, 0.6) is 0 Å². The maximum Gasteiger partial charge on any atom is 0.135 e. The zero-order valence-electron chi connectivity index (χ0n) is 32.7. The van der Waals surface area contributed by atoms with Gasteiger partial charge >= 0.3 is 0 Å². The van der Waals surface area contributed by atoms with E-state index in [4.69, 9.17) is 4.42 Å². The van der Waals surface area contributed by atoms with Gasteiger partial charge in [-0.15, -0.1) is 0 Å². The number of rotatable bonds is 6. The molecule has 0 amide bonds. The van der Waals surface area contributed by atoms with E-state index in [-0.39, 0.29) is 0 Å².